The molecule has 1 aliphatic carbocycles. The lowest BCUT2D eigenvalue weighted by Gasteiger charge is -2.53. The molecule has 0 N–H and O–H groups in total. The summed E-state index contributed by atoms with van der Waals surface area (Å²) in [6.45, 7) is 5.29. The van der Waals surface area contributed by atoms with Crippen molar-refractivity contribution in [2.45, 2.75) is 56.1 Å². The molecular formula is C17H24N2OS. The predicted molar refractivity (Wildman–Crippen MR) is 86.6 cm³/mol. The van der Waals surface area contributed by atoms with E-state index in [2.05, 4.69) is 33.8 Å². The maximum Gasteiger partial charge on any atom is 0.0892 e. The van der Waals surface area contributed by atoms with Gasteiger partial charge >= 0.3 is 0 Å². The molecule has 21 heavy (non-hydrogen) atoms. The molecule has 0 radical (unpaired) electrons. The van der Waals surface area contributed by atoms with Crippen molar-refractivity contribution < 1.29 is 4.74 Å². The molecule has 1 saturated carbocycles. The molecule has 4 heteroatoms. The summed E-state index contributed by atoms with van der Waals surface area (Å²) < 4.78 is 6.62. The van der Waals surface area contributed by atoms with Gasteiger partial charge in [0.2, 0.25) is 0 Å². The summed E-state index contributed by atoms with van der Waals surface area (Å²) >= 11 is 2.15. The van der Waals surface area contributed by atoms with Crippen LogP contribution in [0.5, 0.6) is 0 Å². The Labute approximate surface area is 131 Å². The Balaban J connectivity index is 1.25. The molecule has 3 aliphatic rings. The second kappa shape index (κ2) is 5.56. The summed E-state index contributed by atoms with van der Waals surface area (Å²) in [5.41, 5.74) is 2.13. The number of hydrogen-bond donors (Lipinski definition) is 0. The number of aromatic nitrogens is 1. The molecule has 114 valence electrons. The second-order valence-corrected chi connectivity index (χ2v) is 8.38. The fourth-order valence-corrected chi connectivity index (χ4v) is 5.29. The number of thioether (sulfide) groups is 1. The van der Waals surface area contributed by atoms with Gasteiger partial charge in [-0.05, 0) is 38.3 Å². The molecule has 3 fully saturated rings. The first-order chi connectivity index (χ1) is 10.2. The van der Waals surface area contributed by atoms with Crippen molar-refractivity contribution >= 4 is 11.8 Å². The van der Waals surface area contributed by atoms with E-state index in [4.69, 9.17) is 4.74 Å². The van der Waals surface area contributed by atoms with Crippen LogP contribution in [-0.4, -0.2) is 45.6 Å². The van der Waals surface area contributed by atoms with Crippen molar-refractivity contribution in [1.29, 1.82) is 0 Å². The highest BCUT2D eigenvalue weighted by Gasteiger charge is 2.51. The highest BCUT2D eigenvalue weighted by atomic mass is 32.2. The van der Waals surface area contributed by atoms with Gasteiger partial charge in [-0.25, -0.2) is 0 Å². The van der Waals surface area contributed by atoms with E-state index in [1.807, 2.05) is 13.0 Å². The second-order valence-electron chi connectivity index (χ2n) is 6.89. The molecule has 0 bridgehead atoms. The summed E-state index contributed by atoms with van der Waals surface area (Å²) in [4.78, 5) is 7.21. The molecule has 3 heterocycles. The lowest BCUT2D eigenvalue weighted by Crippen LogP contribution is -2.63. The van der Waals surface area contributed by atoms with Crippen molar-refractivity contribution in [1.82, 2.24) is 9.88 Å². The van der Waals surface area contributed by atoms with Crippen LogP contribution in [0, 0.1) is 6.92 Å². The molecule has 1 aromatic heterocycles. The average molecular weight is 304 g/mol. The van der Waals surface area contributed by atoms with Crippen LogP contribution in [-0.2, 0) is 11.3 Å². The highest BCUT2D eigenvalue weighted by Crippen LogP contribution is 2.48. The van der Waals surface area contributed by atoms with Crippen LogP contribution in [0.25, 0.3) is 0 Å². The highest BCUT2D eigenvalue weighted by molar-refractivity contribution is 8.01. The number of nitrogens with zero attached hydrogens (tertiary/aromatic N) is 2. The van der Waals surface area contributed by atoms with E-state index < -0.39 is 0 Å². The number of aryl methyl sites for hydroxylation is 1. The fourth-order valence-electron chi connectivity index (χ4n) is 3.72. The maximum atomic E-state index is 6.11. The lowest BCUT2D eigenvalue weighted by molar-refractivity contribution is -0.000251. The van der Waals surface area contributed by atoms with Crippen molar-refractivity contribution in [3.05, 3.63) is 29.6 Å². The Morgan fingerprint density at radius 1 is 1.38 bits per heavy atom. The standard InChI is InChI=1S/C17H24N2OS/c1-13-4-2-5-14(18-13)9-20-16-8-17(21-10-16)11-19(12-17)15-6-3-7-15/h2,4-5,15-16H,3,6-12H2,1H3. The van der Waals surface area contributed by atoms with E-state index in [0.717, 1.165) is 23.2 Å². The molecule has 2 saturated heterocycles. The van der Waals surface area contributed by atoms with Crippen molar-refractivity contribution in [3.8, 4) is 0 Å². The van der Waals surface area contributed by atoms with Crippen LogP contribution >= 0.6 is 11.8 Å². The Morgan fingerprint density at radius 3 is 2.95 bits per heavy atom. The van der Waals surface area contributed by atoms with Gasteiger partial charge < -0.3 is 4.74 Å². The van der Waals surface area contributed by atoms with Crippen LogP contribution in [0.2, 0.25) is 0 Å². The van der Waals surface area contributed by atoms with Crippen LogP contribution in [0.1, 0.15) is 37.1 Å². The van der Waals surface area contributed by atoms with Gasteiger partial charge in [-0.3, -0.25) is 9.88 Å². The zero-order valence-electron chi connectivity index (χ0n) is 12.8. The smallest absolute Gasteiger partial charge is 0.0892 e. The Kier molecular flexibility index (Phi) is 3.72. The molecule has 4 rings (SSSR count). The minimum Gasteiger partial charge on any atom is -0.371 e. The normalized spacial score (nSPS) is 28.5. The van der Waals surface area contributed by atoms with Crippen LogP contribution in [0.3, 0.4) is 0 Å². The third-order valence-corrected chi connectivity index (χ3v) is 6.74. The SMILES string of the molecule is Cc1cccc(COC2CSC3(C2)CN(C2CCC2)C3)n1. The lowest BCUT2D eigenvalue weighted by atomic mass is 9.84. The minimum atomic E-state index is 0.417. The maximum absolute atomic E-state index is 6.11. The first kappa shape index (κ1) is 14.0. The fraction of sp³-hybridized carbons (Fsp3) is 0.706. The zero-order chi connectivity index (χ0) is 14.3. The first-order valence-electron chi connectivity index (χ1n) is 8.15. The van der Waals surface area contributed by atoms with Crippen LogP contribution in [0.4, 0.5) is 0 Å². The predicted octanol–water partition coefficient (Wildman–Crippen LogP) is 3.02. The summed E-state index contributed by atoms with van der Waals surface area (Å²) in [5, 5.41) is 0. The molecule has 1 unspecified atom stereocenters. The number of rotatable bonds is 4. The molecule has 0 aromatic carbocycles. The van der Waals surface area contributed by atoms with Crippen LogP contribution in [0.15, 0.2) is 18.2 Å². The third kappa shape index (κ3) is 2.86. The number of hydrogen-bond acceptors (Lipinski definition) is 4. The van der Waals surface area contributed by atoms with Gasteiger partial charge in [0.1, 0.15) is 0 Å². The van der Waals surface area contributed by atoms with Gasteiger partial charge in [0, 0.05) is 35.3 Å². The van der Waals surface area contributed by atoms with Crippen molar-refractivity contribution in [3.63, 3.8) is 0 Å². The third-order valence-electron chi connectivity index (χ3n) is 5.16. The topological polar surface area (TPSA) is 25.4 Å². The molecule has 1 aromatic rings. The van der Waals surface area contributed by atoms with E-state index in [0.29, 0.717) is 17.5 Å². The number of likely N-dealkylation sites (tertiary alicyclic amines) is 1. The first-order valence-corrected chi connectivity index (χ1v) is 9.13. The Bertz CT molecular complexity index is 511. The van der Waals surface area contributed by atoms with E-state index >= 15 is 0 Å². The molecule has 1 spiro atoms. The molecule has 2 aliphatic heterocycles. The largest absolute Gasteiger partial charge is 0.371 e. The average Bonchev–Trinajstić information content (AvgIpc) is 2.79. The summed E-state index contributed by atoms with van der Waals surface area (Å²) in [7, 11) is 0. The minimum absolute atomic E-state index is 0.417. The van der Waals surface area contributed by atoms with E-state index in [-0.39, 0.29) is 0 Å². The van der Waals surface area contributed by atoms with Gasteiger partial charge in [0.15, 0.2) is 0 Å². The van der Waals surface area contributed by atoms with Crippen molar-refractivity contribution in [2.24, 2.45) is 0 Å². The quantitative estimate of drug-likeness (QED) is 0.854. The van der Waals surface area contributed by atoms with Gasteiger partial charge in [0.25, 0.3) is 0 Å². The van der Waals surface area contributed by atoms with Gasteiger partial charge in [0.05, 0.1) is 18.4 Å². The van der Waals surface area contributed by atoms with E-state index in [1.165, 1.54) is 38.8 Å². The summed E-state index contributed by atoms with van der Waals surface area (Å²) in [6, 6.07) is 7.07. The zero-order valence-corrected chi connectivity index (χ0v) is 13.6. The molecular weight excluding hydrogens is 280 g/mol. The van der Waals surface area contributed by atoms with Gasteiger partial charge in [-0.15, -0.1) is 11.8 Å². The number of ether oxygens (including phenoxy) is 1. The monoisotopic (exact) mass is 304 g/mol. The molecule has 1 atom stereocenters. The molecule has 3 nitrogen and oxygen atoms in total. The van der Waals surface area contributed by atoms with Gasteiger partial charge in [-0.1, -0.05) is 12.5 Å². The van der Waals surface area contributed by atoms with E-state index in [9.17, 15) is 0 Å². The Morgan fingerprint density at radius 2 is 2.24 bits per heavy atom. The van der Waals surface area contributed by atoms with Crippen molar-refractivity contribution in [2.75, 3.05) is 18.8 Å². The molecule has 0 amide bonds. The summed E-state index contributed by atoms with van der Waals surface area (Å²) in [5.74, 6) is 1.16. The number of pyridine rings is 1. The summed E-state index contributed by atoms with van der Waals surface area (Å²) in [6.07, 6.45) is 5.95. The van der Waals surface area contributed by atoms with Gasteiger partial charge in [-0.2, -0.15) is 0 Å². The Hall–Kier alpha value is -0.580. The van der Waals surface area contributed by atoms with E-state index in [1.54, 1.807) is 0 Å². The van der Waals surface area contributed by atoms with Crippen LogP contribution < -0.4 is 0 Å².